The lowest BCUT2D eigenvalue weighted by molar-refractivity contribution is -0.138. The van der Waals surface area contributed by atoms with Gasteiger partial charge < -0.3 is 14.5 Å². The van der Waals surface area contributed by atoms with E-state index in [1.54, 1.807) is 19.3 Å². The number of Topliss-reactive ketones (excluding diaryl/α,β-unsaturated/α-hetero) is 1. The van der Waals surface area contributed by atoms with Gasteiger partial charge in [0.15, 0.2) is 5.78 Å². The molecule has 1 aromatic heterocycles. The highest BCUT2D eigenvalue weighted by Gasteiger charge is 2.42. The smallest absolute Gasteiger partial charge is 0.336 e. The van der Waals surface area contributed by atoms with Gasteiger partial charge in [-0.2, -0.15) is 0 Å². The lowest BCUT2D eigenvalue weighted by Crippen LogP contribution is -2.36. The summed E-state index contributed by atoms with van der Waals surface area (Å²) in [5.41, 5.74) is 3.26. The van der Waals surface area contributed by atoms with Crippen molar-refractivity contribution in [2.75, 3.05) is 6.61 Å². The molecule has 2 atom stereocenters. The second-order valence-corrected chi connectivity index (χ2v) is 7.68. The van der Waals surface area contributed by atoms with E-state index in [4.69, 9.17) is 20.8 Å². The molecule has 0 spiro atoms. The number of rotatable bonds is 4. The van der Waals surface area contributed by atoms with Crippen molar-refractivity contribution in [1.29, 1.82) is 0 Å². The van der Waals surface area contributed by atoms with Crippen molar-refractivity contribution in [3.8, 4) is 0 Å². The van der Waals surface area contributed by atoms with Crippen LogP contribution in [0, 0.1) is 0 Å². The normalized spacial score (nSPS) is 21.7. The first-order valence-corrected chi connectivity index (χ1v) is 10.1. The maximum absolute atomic E-state index is 13.3. The summed E-state index contributed by atoms with van der Waals surface area (Å²) in [6, 6.07) is 11.1. The quantitative estimate of drug-likeness (QED) is 0.728. The summed E-state index contributed by atoms with van der Waals surface area (Å²) in [5.74, 6) is -0.246. The highest BCUT2D eigenvalue weighted by molar-refractivity contribution is 6.31. The Balaban J connectivity index is 1.83. The SMILES string of the molecule is CCOC(=O)C1=C(C)NC2=C(C(=O)CC(c3ccco3)C2)C1c1ccccc1Cl. The van der Waals surface area contributed by atoms with Crippen LogP contribution in [0.25, 0.3) is 0 Å². The maximum Gasteiger partial charge on any atom is 0.336 e. The van der Waals surface area contributed by atoms with Crippen LogP contribution in [0.3, 0.4) is 0 Å². The van der Waals surface area contributed by atoms with Gasteiger partial charge in [0.2, 0.25) is 0 Å². The summed E-state index contributed by atoms with van der Waals surface area (Å²) in [7, 11) is 0. The number of allylic oxidation sites excluding steroid dienone is 3. The van der Waals surface area contributed by atoms with Gasteiger partial charge in [-0.05, 0) is 44.0 Å². The van der Waals surface area contributed by atoms with Crippen molar-refractivity contribution in [2.24, 2.45) is 0 Å². The van der Waals surface area contributed by atoms with E-state index in [9.17, 15) is 9.59 Å². The number of furan rings is 1. The molecule has 1 aromatic carbocycles. The molecule has 1 N–H and O–H groups in total. The van der Waals surface area contributed by atoms with Crippen molar-refractivity contribution >= 4 is 23.4 Å². The minimum Gasteiger partial charge on any atom is -0.469 e. The van der Waals surface area contributed by atoms with Gasteiger partial charge in [0, 0.05) is 40.2 Å². The summed E-state index contributed by atoms with van der Waals surface area (Å²) < 4.78 is 10.8. The van der Waals surface area contributed by atoms with Gasteiger partial charge >= 0.3 is 5.97 Å². The predicted molar refractivity (Wildman–Crippen MR) is 109 cm³/mol. The molecule has 0 saturated heterocycles. The van der Waals surface area contributed by atoms with E-state index in [0.29, 0.717) is 34.7 Å². The lowest BCUT2D eigenvalue weighted by Gasteiger charge is -2.36. The maximum atomic E-state index is 13.3. The minimum atomic E-state index is -0.552. The number of nitrogens with one attached hydrogen (secondary N) is 1. The fourth-order valence-electron chi connectivity index (χ4n) is 4.26. The Hall–Kier alpha value is -2.79. The number of esters is 1. The first-order valence-electron chi connectivity index (χ1n) is 9.70. The number of dihydropyridines is 1. The average molecular weight is 412 g/mol. The molecule has 0 bridgehead atoms. The molecule has 2 unspecified atom stereocenters. The number of hydrogen-bond donors (Lipinski definition) is 1. The molecule has 0 amide bonds. The number of halogens is 1. The van der Waals surface area contributed by atoms with Gasteiger partial charge in [-0.3, -0.25) is 4.79 Å². The van der Waals surface area contributed by atoms with E-state index in [-0.39, 0.29) is 18.3 Å². The third-order valence-electron chi connectivity index (χ3n) is 5.48. The van der Waals surface area contributed by atoms with Gasteiger partial charge in [0.05, 0.1) is 18.4 Å². The standard InChI is InChI=1S/C23H22ClNO4/c1-3-28-23(27)20-13(2)25-17-11-14(19-9-6-10-29-19)12-18(26)22(17)21(20)15-7-4-5-8-16(15)24/h4-10,14,21,25H,3,11-12H2,1-2H3. The molecule has 1 aliphatic heterocycles. The van der Waals surface area contributed by atoms with Crippen molar-refractivity contribution in [3.05, 3.63) is 81.5 Å². The van der Waals surface area contributed by atoms with Crippen LogP contribution < -0.4 is 5.32 Å². The fraction of sp³-hybridized carbons (Fsp3) is 0.304. The molecule has 2 aromatic rings. The Labute approximate surface area is 174 Å². The molecule has 1 aliphatic carbocycles. The Bertz CT molecular complexity index is 1020. The largest absolute Gasteiger partial charge is 0.469 e. The van der Waals surface area contributed by atoms with Crippen LogP contribution in [0.15, 0.2) is 69.6 Å². The number of benzene rings is 1. The van der Waals surface area contributed by atoms with E-state index in [1.165, 1.54) is 0 Å². The monoisotopic (exact) mass is 411 g/mol. The van der Waals surface area contributed by atoms with Gasteiger partial charge in [-0.1, -0.05) is 29.8 Å². The van der Waals surface area contributed by atoms with Crippen molar-refractivity contribution < 1.29 is 18.7 Å². The van der Waals surface area contributed by atoms with Crippen LogP contribution in [0.2, 0.25) is 5.02 Å². The zero-order valence-electron chi connectivity index (χ0n) is 16.3. The van der Waals surface area contributed by atoms with E-state index >= 15 is 0 Å². The summed E-state index contributed by atoms with van der Waals surface area (Å²) >= 11 is 6.50. The number of carbonyl (C=O) groups excluding carboxylic acids is 2. The van der Waals surface area contributed by atoms with E-state index in [0.717, 1.165) is 17.0 Å². The van der Waals surface area contributed by atoms with Crippen LogP contribution in [0.1, 0.15) is 49.8 Å². The van der Waals surface area contributed by atoms with Crippen LogP contribution in [-0.2, 0) is 14.3 Å². The minimum absolute atomic E-state index is 0.0145. The molecule has 6 heteroatoms. The topological polar surface area (TPSA) is 68.5 Å². The third-order valence-corrected chi connectivity index (χ3v) is 5.83. The van der Waals surface area contributed by atoms with Crippen LogP contribution in [0.4, 0.5) is 0 Å². The molecule has 5 nitrogen and oxygen atoms in total. The first-order chi connectivity index (χ1) is 14.0. The van der Waals surface area contributed by atoms with Gasteiger partial charge in [-0.25, -0.2) is 4.79 Å². The van der Waals surface area contributed by atoms with Crippen molar-refractivity contribution in [3.63, 3.8) is 0 Å². The highest BCUT2D eigenvalue weighted by atomic mass is 35.5. The molecule has 0 saturated carbocycles. The Morgan fingerprint density at radius 1 is 1.24 bits per heavy atom. The zero-order valence-corrected chi connectivity index (χ0v) is 17.1. The number of hydrogen-bond acceptors (Lipinski definition) is 5. The molecule has 0 fully saturated rings. The Kier molecular flexibility index (Phi) is 5.33. The number of ether oxygens (including phenoxy) is 1. The van der Waals surface area contributed by atoms with Crippen molar-refractivity contribution in [1.82, 2.24) is 5.32 Å². The number of ketones is 1. The second kappa shape index (κ2) is 7.91. The summed E-state index contributed by atoms with van der Waals surface area (Å²) in [5, 5.41) is 3.82. The zero-order chi connectivity index (χ0) is 20.5. The molecule has 2 aliphatic rings. The average Bonchev–Trinajstić information content (AvgIpc) is 3.22. The van der Waals surface area contributed by atoms with E-state index in [2.05, 4.69) is 5.32 Å². The number of carbonyl (C=O) groups is 2. The van der Waals surface area contributed by atoms with Crippen molar-refractivity contribution in [2.45, 2.75) is 38.5 Å². The van der Waals surface area contributed by atoms with Crippen LogP contribution in [-0.4, -0.2) is 18.4 Å². The van der Waals surface area contributed by atoms with Gasteiger partial charge in [-0.15, -0.1) is 0 Å². The van der Waals surface area contributed by atoms with Crippen LogP contribution >= 0.6 is 11.6 Å². The third kappa shape index (κ3) is 3.51. The predicted octanol–water partition coefficient (Wildman–Crippen LogP) is 4.86. The van der Waals surface area contributed by atoms with E-state index in [1.807, 2.05) is 37.3 Å². The molecule has 29 heavy (non-hydrogen) atoms. The molecular weight excluding hydrogens is 390 g/mol. The summed E-state index contributed by atoms with van der Waals surface area (Å²) in [6.45, 7) is 3.85. The Morgan fingerprint density at radius 3 is 2.72 bits per heavy atom. The molecule has 2 heterocycles. The lowest BCUT2D eigenvalue weighted by atomic mass is 9.72. The Morgan fingerprint density at radius 2 is 2.03 bits per heavy atom. The van der Waals surface area contributed by atoms with Gasteiger partial charge in [0.25, 0.3) is 0 Å². The van der Waals surface area contributed by atoms with Gasteiger partial charge in [0.1, 0.15) is 5.76 Å². The molecule has 0 radical (unpaired) electrons. The molecular formula is C23H22ClNO4. The molecule has 4 rings (SSSR count). The summed E-state index contributed by atoms with van der Waals surface area (Å²) in [6.07, 6.45) is 2.57. The van der Waals surface area contributed by atoms with Crippen LogP contribution in [0.5, 0.6) is 0 Å². The second-order valence-electron chi connectivity index (χ2n) is 7.27. The summed E-state index contributed by atoms with van der Waals surface area (Å²) in [4.78, 5) is 26.1. The van der Waals surface area contributed by atoms with E-state index < -0.39 is 11.9 Å². The molecule has 150 valence electrons. The highest BCUT2D eigenvalue weighted by Crippen LogP contribution is 2.47. The fourth-order valence-corrected chi connectivity index (χ4v) is 4.51. The first kappa shape index (κ1) is 19.5.